The fourth-order valence-electron chi connectivity index (χ4n) is 2.74. The van der Waals surface area contributed by atoms with Crippen molar-refractivity contribution in [1.82, 2.24) is 19.8 Å². The average molecular weight is 379 g/mol. The van der Waals surface area contributed by atoms with Gasteiger partial charge in [-0.3, -0.25) is 4.79 Å². The molecule has 1 fully saturated rings. The first kappa shape index (κ1) is 18.5. The van der Waals surface area contributed by atoms with E-state index in [9.17, 15) is 13.2 Å². The van der Waals surface area contributed by atoms with Crippen molar-refractivity contribution in [3.05, 3.63) is 41.5 Å². The molecule has 2 heterocycles. The second-order valence-corrected chi connectivity index (χ2v) is 8.12. The summed E-state index contributed by atoms with van der Waals surface area (Å²) in [5.74, 6) is 0.345. The van der Waals surface area contributed by atoms with Crippen molar-refractivity contribution in [2.75, 3.05) is 13.1 Å². The summed E-state index contributed by atoms with van der Waals surface area (Å²) in [6.07, 6.45) is 1.26. The molecule has 140 valence electrons. The first-order valence-electron chi connectivity index (χ1n) is 8.29. The number of carbonyl (C=O) groups is 1. The summed E-state index contributed by atoms with van der Waals surface area (Å²) in [6, 6.07) is 6.01. The quantitative estimate of drug-likeness (QED) is 0.769. The molecular weight excluding hydrogens is 358 g/mol. The first-order chi connectivity index (χ1) is 12.4. The van der Waals surface area contributed by atoms with Crippen LogP contribution in [0.4, 0.5) is 0 Å². The minimum absolute atomic E-state index is 0.0346. The second kappa shape index (κ2) is 7.52. The number of aromatic nitrogens is 2. The number of amides is 1. The smallest absolute Gasteiger partial charge is 0.251 e. The molecular formula is C16H21N5O4S. The van der Waals surface area contributed by atoms with Crippen LogP contribution >= 0.6 is 0 Å². The van der Waals surface area contributed by atoms with Gasteiger partial charge in [0.2, 0.25) is 15.9 Å². The molecule has 10 heteroatoms. The lowest BCUT2D eigenvalue weighted by atomic mass is 10.1. The number of carbonyl (C=O) groups excluding carboxylic acids is 1. The molecule has 0 spiro atoms. The van der Waals surface area contributed by atoms with Crippen LogP contribution in [-0.2, 0) is 16.6 Å². The van der Waals surface area contributed by atoms with Gasteiger partial charge >= 0.3 is 0 Å². The molecule has 3 N–H and O–H groups in total. The normalized spacial score (nSPS) is 16.5. The van der Waals surface area contributed by atoms with Crippen molar-refractivity contribution >= 4 is 15.9 Å². The molecule has 0 atom stereocenters. The number of rotatable bonds is 5. The molecule has 26 heavy (non-hydrogen) atoms. The lowest BCUT2D eigenvalue weighted by Gasteiger charge is -2.29. The fraction of sp³-hybridized carbons (Fsp3) is 0.438. The van der Waals surface area contributed by atoms with Crippen molar-refractivity contribution in [3.8, 4) is 0 Å². The number of nitrogens with zero attached hydrogens (tertiary/aromatic N) is 3. The van der Waals surface area contributed by atoms with Crippen LogP contribution in [0.2, 0.25) is 0 Å². The molecule has 3 rings (SSSR count). The van der Waals surface area contributed by atoms with Crippen LogP contribution in [0.1, 0.15) is 34.9 Å². The summed E-state index contributed by atoms with van der Waals surface area (Å²) in [4.78, 5) is 16.4. The van der Waals surface area contributed by atoms with Gasteiger partial charge in [-0.1, -0.05) is 11.2 Å². The standard InChI is InChI=1S/C16H21N5O4S/c1-11-19-15(20-25-11)10-18-16(22)12-3-2-4-14(9-12)26(23,24)21-7-5-13(17)6-8-21/h2-4,9,13H,5-8,10,17H2,1H3,(H,18,22). The Morgan fingerprint density at radius 2 is 2.12 bits per heavy atom. The van der Waals surface area contributed by atoms with Gasteiger partial charge < -0.3 is 15.6 Å². The summed E-state index contributed by atoms with van der Waals surface area (Å²) in [7, 11) is -3.65. The molecule has 2 aromatic rings. The van der Waals surface area contributed by atoms with E-state index in [1.54, 1.807) is 19.1 Å². The maximum Gasteiger partial charge on any atom is 0.251 e. The van der Waals surface area contributed by atoms with Crippen LogP contribution in [0, 0.1) is 6.92 Å². The van der Waals surface area contributed by atoms with E-state index in [-0.39, 0.29) is 23.0 Å². The Morgan fingerprint density at radius 3 is 2.77 bits per heavy atom. The number of sulfonamides is 1. The molecule has 1 aromatic heterocycles. The third-order valence-corrected chi connectivity index (χ3v) is 6.10. The molecule has 1 aliphatic rings. The number of aryl methyl sites for hydroxylation is 1. The molecule has 0 unspecified atom stereocenters. The second-order valence-electron chi connectivity index (χ2n) is 6.18. The molecule has 0 radical (unpaired) electrons. The fourth-order valence-corrected chi connectivity index (χ4v) is 4.25. The van der Waals surface area contributed by atoms with Crippen LogP contribution in [0.3, 0.4) is 0 Å². The third-order valence-electron chi connectivity index (χ3n) is 4.21. The van der Waals surface area contributed by atoms with Crippen molar-refractivity contribution < 1.29 is 17.7 Å². The van der Waals surface area contributed by atoms with E-state index in [1.807, 2.05) is 0 Å². The van der Waals surface area contributed by atoms with Crippen molar-refractivity contribution in [3.63, 3.8) is 0 Å². The lowest BCUT2D eigenvalue weighted by Crippen LogP contribution is -2.42. The van der Waals surface area contributed by atoms with Crippen LogP contribution in [0.25, 0.3) is 0 Å². The maximum absolute atomic E-state index is 12.8. The van der Waals surface area contributed by atoms with E-state index in [2.05, 4.69) is 15.5 Å². The van der Waals surface area contributed by atoms with E-state index in [4.69, 9.17) is 10.3 Å². The number of nitrogens with one attached hydrogen (secondary N) is 1. The van der Waals surface area contributed by atoms with Crippen LogP contribution in [0.5, 0.6) is 0 Å². The van der Waals surface area contributed by atoms with E-state index >= 15 is 0 Å². The van der Waals surface area contributed by atoms with Crippen LogP contribution < -0.4 is 11.1 Å². The highest BCUT2D eigenvalue weighted by Crippen LogP contribution is 2.21. The molecule has 1 amide bonds. The summed E-state index contributed by atoms with van der Waals surface area (Å²) in [5.41, 5.74) is 6.08. The van der Waals surface area contributed by atoms with Gasteiger partial charge in [0.25, 0.3) is 5.91 Å². The number of hydrogen-bond acceptors (Lipinski definition) is 7. The first-order valence-corrected chi connectivity index (χ1v) is 9.73. The predicted octanol–water partition coefficient (Wildman–Crippen LogP) is 0.420. The molecule has 9 nitrogen and oxygen atoms in total. The minimum atomic E-state index is -3.65. The van der Waals surface area contributed by atoms with E-state index in [1.165, 1.54) is 16.4 Å². The van der Waals surface area contributed by atoms with Gasteiger partial charge in [-0.25, -0.2) is 8.42 Å². The number of nitrogens with two attached hydrogens (primary N) is 1. The topological polar surface area (TPSA) is 131 Å². The number of benzene rings is 1. The summed E-state index contributed by atoms with van der Waals surface area (Å²) in [6.45, 7) is 2.52. The Balaban J connectivity index is 1.71. The molecule has 1 aliphatic heterocycles. The number of piperidine rings is 1. The summed E-state index contributed by atoms with van der Waals surface area (Å²) < 4.78 is 31.8. The average Bonchev–Trinajstić information content (AvgIpc) is 3.05. The highest BCUT2D eigenvalue weighted by molar-refractivity contribution is 7.89. The summed E-state index contributed by atoms with van der Waals surface area (Å²) >= 11 is 0. The van der Waals surface area contributed by atoms with Gasteiger partial charge in [-0.2, -0.15) is 9.29 Å². The molecule has 1 aromatic carbocycles. The lowest BCUT2D eigenvalue weighted by molar-refractivity contribution is 0.0949. The van der Waals surface area contributed by atoms with Crippen molar-refractivity contribution in [2.45, 2.75) is 37.2 Å². The Kier molecular flexibility index (Phi) is 5.35. The zero-order chi connectivity index (χ0) is 18.7. The molecule has 0 bridgehead atoms. The predicted molar refractivity (Wildman–Crippen MR) is 92.6 cm³/mol. The van der Waals surface area contributed by atoms with Gasteiger partial charge in [0.05, 0.1) is 11.4 Å². The Bertz CT molecular complexity index is 888. The van der Waals surface area contributed by atoms with E-state index in [0.717, 1.165) is 0 Å². The van der Waals surface area contributed by atoms with E-state index < -0.39 is 15.9 Å². The minimum Gasteiger partial charge on any atom is -0.345 e. The van der Waals surface area contributed by atoms with E-state index in [0.29, 0.717) is 37.6 Å². The molecule has 1 saturated heterocycles. The summed E-state index contributed by atoms with van der Waals surface area (Å²) in [5, 5.41) is 6.34. The van der Waals surface area contributed by atoms with Gasteiger partial charge in [0, 0.05) is 31.6 Å². The van der Waals surface area contributed by atoms with Crippen LogP contribution in [0.15, 0.2) is 33.7 Å². The highest BCUT2D eigenvalue weighted by Gasteiger charge is 2.28. The zero-order valence-electron chi connectivity index (χ0n) is 14.4. The van der Waals surface area contributed by atoms with Crippen LogP contribution in [-0.4, -0.2) is 47.9 Å². The Morgan fingerprint density at radius 1 is 1.38 bits per heavy atom. The maximum atomic E-state index is 12.8. The van der Waals surface area contributed by atoms with Crippen molar-refractivity contribution in [1.29, 1.82) is 0 Å². The Labute approximate surface area is 151 Å². The number of hydrogen-bond donors (Lipinski definition) is 2. The third kappa shape index (κ3) is 4.09. The highest BCUT2D eigenvalue weighted by atomic mass is 32.2. The zero-order valence-corrected chi connectivity index (χ0v) is 15.2. The van der Waals surface area contributed by atoms with Gasteiger partial charge in [0.15, 0.2) is 5.82 Å². The van der Waals surface area contributed by atoms with Crippen molar-refractivity contribution in [2.24, 2.45) is 5.73 Å². The SMILES string of the molecule is Cc1nc(CNC(=O)c2cccc(S(=O)(=O)N3CCC(N)CC3)c2)no1. The monoisotopic (exact) mass is 379 g/mol. The van der Waals surface area contributed by atoms with Gasteiger partial charge in [-0.05, 0) is 31.0 Å². The molecule has 0 aliphatic carbocycles. The molecule has 0 saturated carbocycles. The van der Waals surface area contributed by atoms with Gasteiger partial charge in [-0.15, -0.1) is 0 Å². The largest absolute Gasteiger partial charge is 0.345 e. The van der Waals surface area contributed by atoms with Gasteiger partial charge in [0.1, 0.15) is 0 Å². The Hall–Kier alpha value is -2.30.